The fraction of sp³-hybridized carbons (Fsp3) is 0.400. The van der Waals surface area contributed by atoms with Crippen LogP contribution in [-0.4, -0.2) is 46.6 Å². The molecule has 8 nitrogen and oxygen atoms in total. The van der Waals surface area contributed by atoms with Crippen molar-refractivity contribution in [2.45, 2.75) is 26.2 Å². The van der Waals surface area contributed by atoms with E-state index in [0.717, 1.165) is 5.69 Å². The number of amides is 1. The molecule has 0 bridgehead atoms. The lowest BCUT2D eigenvalue weighted by atomic mass is 9.93. The molecule has 4 rings (SSSR count). The van der Waals surface area contributed by atoms with Crippen molar-refractivity contribution in [3.8, 4) is 10.6 Å². The summed E-state index contributed by atoms with van der Waals surface area (Å²) in [5.41, 5.74) is 7.14. The third-order valence-electron chi connectivity index (χ3n) is 4.89. The Hall–Kier alpha value is -2.78. The molecule has 29 heavy (non-hydrogen) atoms. The lowest BCUT2D eigenvalue weighted by Gasteiger charge is -2.29. The first-order chi connectivity index (χ1) is 13.8. The molecule has 0 aliphatic carbocycles. The average molecular weight is 414 g/mol. The quantitative estimate of drug-likeness (QED) is 0.705. The number of nitrogens with zero attached hydrogens (tertiary/aromatic N) is 4. The topological polar surface area (TPSA) is 103 Å². The minimum Gasteiger partial charge on any atom is -0.378 e. The van der Waals surface area contributed by atoms with E-state index in [0.29, 0.717) is 53.9 Å². The number of fused-ring (bicyclic) bond motifs is 1. The molecule has 3 aromatic heterocycles. The molecule has 1 fully saturated rings. The third kappa shape index (κ3) is 3.63. The second-order valence-electron chi connectivity index (χ2n) is 8.01. The molecule has 2 N–H and O–H groups in total. The van der Waals surface area contributed by atoms with Crippen LogP contribution in [-0.2, 0) is 10.2 Å². The van der Waals surface area contributed by atoms with Gasteiger partial charge in [0.05, 0.1) is 18.9 Å². The molecule has 0 spiro atoms. The van der Waals surface area contributed by atoms with Crippen LogP contribution < -0.4 is 16.2 Å². The first-order valence-corrected chi connectivity index (χ1v) is 10.3. The summed E-state index contributed by atoms with van der Waals surface area (Å²) in [6.45, 7) is 8.65. The van der Waals surface area contributed by atoms with E-state index in [1.165, 1.54) is 28.0 Å². The van der Waals surface area contributed by atoms with Crippen molar-refractivity contribution in [1.29, 1.82) is 0 Å². The van der Waals surface area contributed by atoms with Crippen LogP contribution in [0.4, 0.5) is 5.82 Å². The summed E-state index contributed by atoms with van der Waals surface area (Å²) in [4.78, 5) is 36.6. The van der Waals surface area contributed by atoms with Gasteiger partial charge in [-0.1, -0.05) is 20.8 Å². The van der Waals surface area contributed by atoms with Crippen molar-refractivity contribution >= 4 is 28.7 Å². The van der Waals surface area contributed by atoms with E-state index in [4.69, 9.17) is 20.4 Å². The van der Waals surface area contributed by atoms with Crippen molar-refractivity contribution in [1.82, 2.24) is 14.4 Å². The molecule has 0 unspecified atom stereocenters. The van der Waals surface area contributed by atoms with E-state index in [-0.39, 0.29) is 11.0 Å². The zero-order chi connectivity index (χ0) is 20.8. The van der Waals surface area contributed by atoms with Crippen molar-refractivity contribution in [3.63, 3.8) is 0 Å². The predicted octanol–water partition coefficient (Wildman–Crippen LogP) is 2.05. The summed E-state index contributed by atoms with van der Waals surface area (Å²) in [5.74, 6) is 0.00298. The minimum atomic E-state index is -0.562. The summed E-state index contributed by atoms with van der Waals surface area (Å²) >= 11 is 1.44. The van der Waals surface area contributed by atoms with Crippen LogP contribution in [0, 0.1) is 0 Å². The van der Waals surface area contributed by atoms with E-state index >= 15 is 0 Å². The Labute approximate surface area is 172 Å². The molecule has 1 amide bonds. The monoisotopic (exact) mass is 413 g/mol. The molecule has 0 atom stereocenters. The molecule has 4 heterocycles. The summed E-state index contributed by atoms with van der Waals surface area (Å²) in [5, 5.41) is 2.63. The van der Waals surface area contributed by atoms with E-state index < -0.39 is 5.91 Å². The van der Waals surface area contributed by atoms with Gasteiger partial charge in [-0.3, -0.25) is 14.0 Å². The van der Waals surface area contributed by atoms with Crippen molar-refractivity contribution in [2.75, 3.05) is 31.2 Å². The second kappa shape index (κ2) is 7.23. The molecular formula is C20H23N5O3S. The summed E-state index contributed by atoms with van der Waals surface area (Å²) in [6, 6.07) is 3.07. The number of thiazole rings is 1. The zero-order valence-corrected chi connectivity index (χ0v) is 17.5. The van der Waals surface area contributed by atoms with E-state index in [1.807, 2.05) is 10.3 Å². The molecule has 0 saturated carbocycles. The van der Waals surface area contributed by atoms with E-state index in [1.54, 1.807) is 6.07 Å². The van der Waals surface area contributed by atoms with Gasteiger partial charge in [0.25, 0.3) is 5.56 Å². The van der Waals surface area contributed by atoms with Crippen molar-refractivity contribution in [2.24, 2.45) is 5.73 Å². The van der Waals surface area contributed by atoms with Crippen LogP contribution in [0.2, 0.25) is 0 Å². The molecule has 0 radical (unpaired) electrons. The zero-order valence-electron chi connectivity index (χ0n) is 16.6. The van der Waals surface area contributed by atoms with Gasteiger partial charge >= 0.3 is 0 Å². The number of morpholine rings is 1. The molecular weight excluding hydrogens is 390 g/mol. The third-order valence-corrected chi connectivity index (χ3v) is 5.75. The maximum atomic E-state index is 13.4. The first kappa shape index (κ1) is 19.5. The summed E-state index contributed by atoms with van der Waals surface area (Å²) in [6.07, 6.45) is 1.54. The van der Waals surface area contributed by atoms with Crippen LogP contribution in [0.15, 0.2) is 28.5 Å². The number of hydrogen-bond donors (Lipinski definition) is 1. The lowest BCUT2D eigenvalue weighted by Crippen LogP contribution is -2.38. The molecule has 1 saturated heterocycles. The Morgan fingerprint density at radius 2 is 1.97 bits per heavy atom. The van der Waals surface area contributed by atoms with Crippen LogP contribution in [0.25, 0.3) is 16.2 Å². The number of ether oxygens (including phenoxy) is 1. The SMILES string of the molecule is CC(C)(C)c1csc(-c2c(N3CCOCC3)nc3cc(C(N)=O)ccn3c2=O)n1. The van der Waals surface area contributed by atoms with Crippen LogP contribution in [0.1, 0.15) is 36.8 Å². The normalized spacial score (nSPS) is 15.1. The second-order valence-corrected chi connectivity index (χ2v) is 8.87. The van der Waals surface area contributed by atoms with Gasteiger partial charge in [-0.05, 0) is 12.1 Å². The number of primary amides is 1. The highest BCUT2D eigenvalue weighted by atomic mass is 32.1. The lowest BCUT2D eigenvalue weighted by molar-refractivity contribution is 0.1000. The highest BCUT2D eigenvalue weighted by molar-refractivity contribution is 7.13. The molecule has 9 heteroatoms. The highest BCUT2D eigenvalue weighted by Crippen LogP contribution is 2.33. The van der Waals surface area contributed by atoms with Crippen LogP contribution >= 0.6 is 11.3 Å². The van der Waals surface area contributed by atoms with Gasteiger partial charge in [0.15, 0.2) is 0 Å². The maximum absolute atomic E-state index is 13.4. The highest BCUT2D eigenvalue weighted by Gasteiger charge is 2.26. The van der Waals surface area contributed by atoms with Gasteiger partial charge < -0.3 is 15.4 Å². The van der Waals surface area contributed by atoms with Gasteiger partial charge in [-0.25, -0.2) is 9.97 Å². The molecule has 152 valence electrons. The predicted molar refractivity (Wildman–Crippen MR) is 113 cm³/mol. The molecule has 3 aromatic rings. The molecule has 1 aliphatic heterocycles. The molecule has 0 aromatic carbocycles. The van der Waals surface area contributed by atoms with Gasteiger partial charge in [0.2, 0.25) is 5.91 Å². The largest absolute Gasteiger partial charge is 0.378 e. The van der Waals surface area contributed by atoms with Gasteiger partial charge in [0.1, 0.15) is 22.0 Å². The van der Waals surface area contributed by atoms with Crippen molar-refractivity contribution < 1.29 is 9.53 Å². The van der Waals surface area contributed by atoms with E-state index in [2.05, 4.69) is 20.8 Å². The Balaban J connectivity index is 1.96. The maximum Gasteiger partial charge on any atom is 0.270 e. The fourth-order valence-electron chi connectivity index (χ4n) is 3.20. The summed E-state index contributed by atoms with van der Waals surface area (Å²) < 4.78 is 6.89. The van der Waals surface area contributed by atoms with E-state index in [9.17, 15) is 9.59 Å². The van der Waals surface area contributed by atoms with Crippen LogP contribution in [0.3, 0.4) is 0 Å². The Morgan fingerprint density at radius 1 is 1.24 bits per heavy atom. The standard InChI is InChI=1S/C20H23N5O3S/c1-20(2,3)13-11-29-18(22-13)15-17(24-6-8-28-9-7-24)23-14-10-12(16(21)26)4-5-25(14)19(15)27/h4-5,10-11H,6-9H2,1-3H3,(H2,21,26). The number of anilines is 1. The van der Waals surface area contributed by atoms with Gasteiger partial charge in [-0.2, -0.15) is 0 Å². The Kier molecular flexibility index (Phi) is 4.87. The Bertz CT molecular complexity index is 1140. The number of rotatable bonds is 3. The van der Waals surface area contributed by atoms with Crippen LogP contribution in [0.5, 0.6) is 0 Å². The summed E-state index contributed by atoms with van der Waals surface area (Å²) in [7, 11) is 0. The number of carbonyl (C=O) groups excluding carboxylic acids is 1. The first-order valence-electron chi connectivity index (χ1n) is 9.41. The van der Waals surface area contributed by atoms with Gasteiger partial charge in [0, 0.05) is 35.6 Å². The Morgan fingerprint density at radius 3 is 2.59 bits per heavy atom. The number of nitrogens with two attached hydrogens (primary N) is 1. The smallest absolute Gasteiger partial charge is 0.270 e. The fourth-order valence-corrected chi connectivity index (χ4v) is 4.28. The van der Waals surface area contributed by atoms with Gasteiger partial charge in [-0.15, -0.1) is 11.3 Å². The number of carbonyl (C=O) groups is 1. The number of pyridine rings is 1. The minimum absolute atomic E-state index is 0.120. The average Bonchev–Trinajstić information content (AvgIpc) is 3.18. The number of aromatic nitrogens is 3. The number of hydrogen-bond acceptors (Lipinski definition) is 7. The van der Waals surface area contributed by atoms with Crippen molar-refractivity contribution in [3.05, 3.63) is 45.3 Å². The molecule has 1 aliphatic rings.